The fraction of sp³-hybridized carbons (Fsp3) is 0.111. The Labute approximate surface area is 155 Å². The maximum Gasteiger partial charge on any atom is 0.227 e. The second-order valence-electron chi connectivity index (χ2n) is 5.10. The van der Waals surface area contributed by atoms with Crippen LogP contribution in [0.2, 0.25) is 10.0 Å². The van der Waals surface area contributed by atoms with Gasteiger partial charge in [-0.1, -0.05) is 29.3 Å². The fourth-order valence-corrected chi connectivity index (χ4v) is 2.95. The molecule has 0 aliphatic carbocycles. The number of anilines is 2. The van der Waals surface area contributed by atoms with E-state index < -0.39 is 0 Å². The smallest absolute Gasteiger partial charge is 0.227 e. The maximum absolute atomic E-state index is 6.21. The van der Waals surface area contributed by atoms with Gasteiger partial charge >= 0.3 is 0 Å². The first kappa shape index (κ1) is 17.3. The summed E-state index contributed by atoms with van der Waals surface area (Å²) in [4.78, 5) is 8.75. The van der Waals surface area contributed by atoms with Crippen molar-refractivity contribution < 1.29 is 9.47 Å². The zero-order chi connectivity index (χ0) is 17.8. The van der Waals surface area contributed by atoms with Crippen LogP contribution in [0.3, 0.4) is 0 Å². The molecule has 0 amide bonds. The van der Waals surface area contributed by atoms with Crippen LogP contribution in [0.15, 0.2) is 48.7 Å². The summed E-state index contributed by atoms with van der Waals surface area (Å²) in [7, 11) is 3.14. The van der Waals surface area contributed by atoms with Crippen molar-refractivity contribution >= 4 is 34.8 Å². The summed E-state index contributed by atoms with van der Waals surface area (Å²) in [6.45, 7) is 0. The van der Waals surface area contributed by atoms with Gasteiger partial charge in [-0.3, -0.25) is 0 Å². The van der Waals surface area contributed by atoms with E-state index >= 15 is 0 Å². The minimum Gasteiger partial charge on any atom is -0.497 e. The van der Waals surface area contributed by atoms with Crippen molar-refractivity contribution in [2.75, 3.05) is 19.5 Å². The van der Waals surface area contributed by atoms with E-state index in [1.165, 1.54) is 7.11 Å². The van der Waals surface area contributed by atoms with Crippen molar-refractivity contribution in [3.63, 3.8) is 0 Å². The second kappa shape index (κ2) is 7.59. The summed E-state index contributed by atoms with van der Waals surface area (Å²) in [5.74, 6) is 1.64. The molecule has 0 aliphatic heterocycles. The Bertz CT molecular complexity index is 880. The molecule has 0 unspecified atom stereocenters. The first-order valence-electron chi connectivity index (χ1n) is 7.38. The molecule has 0 saturated heterocycles. The molecule has 1 heterocycles. The van der Waals surface area contributed by atoms with Crippen LogP contribution in [0.1, 0.15) is 0 Å². The number of benzene rings is 2. The standard InChI is InChI=1S/C18H15Cl2N3O2/c1-24-13-5-3-4-12(10-13)22-18-21-7-6-16(23-18)11-8-14(19)17(25-2)15(20)9-11/h3-10H,1-2H3,(H,21,22,23). The number of methoxy groups -OCH3 is 2. The minimum absolute atomic E-state index is 0.422. The van der Waals surface area contributed by atoms with Gasteiger partial charge in [0.25, 0.3) is 0 Å². The largest absolute Gasteiger partial charge is 0.497 e. The van der Waals surface area contributed by atoms with Crippen LogP contribution in [0, 0.1) is 0 Å². The van der Waals surface area contributed by atoms with Gasteiger partial charge in [-0.2, -0.15) is 0 Å². The van der Waals surface area contributed by atoms with Crippen LogP contribution in [0.25, 0.3) is 11.3 Å². The monoisotopic (exact) mass is 375 g/mol. The Morgan fingerprint density at radius 3 is 2.40 bits per heavy atom. The Morgan fingerprint density at radius 1 is 0.960 bits per heavy atom. The molecule has 1 N–H and O–H groups in total. The average Bonchev–Trinajstić information content (AvgIpc) is 2.62. The topological polar surface area (TPSA) is 56.3 Å². The number of aromatic nitrogens is 2. The van der Waals surface area contributed by atoms with E-state index in [0.29, 0.717) is 27.4 Å². The third kappa shape index (κ3) is 3.95. The van der Waals surface area contributed by atoms with E-state index in [4.69, 9.17) is 32.7 Å². The van der Waals surface area contributed by atoms with Crippen LogP contribution in [0.5, 0.6) is 11.5 Å². The number of hydrogen-bond donors (Lipinski definition) is 1. The van der Waals surface area contributed by atoms with Gasteiger partial charge in [-0.05, 0) is 30.3 Å². The van der Waals surface area contributed by atoms with Gasteiger partial charge in [-0.15, -0.1) is 0 Å². The lowest BCUT2D eigenvalue weighted by Gasteiger charge is -2.10. The summed E-state index contributed by atoms with van der Waals surface area (Å²) in [6.07, 6.45) is 1.66. The molecular formula is C18H15Cl2N3O2. The number of rotatable bonds is 5. The van der Waals surface area contributed by atoms with Gasteiger partial charge in [0, 0.05) is 23.5 Å². The third-order valence-corrected chi connectivity index (χ3v) is 4.04. The first-order valence-corrected chi connectivity index (χ1v) is 8.14. The van der Waals surface area contributed by atoms with Crippen molar-refractivity contribution in [2.24, 2.45) is 0 Å². The Hall–Kier alpha value is -2.50. The Morgan fingerprint density at radius 2 is 1.72 bits per heavy atom. The Balaban J connectivity index is 1.91. The molecule has 7 heteroatoms. The zero-order valence-corrected chi connectivity index (χ0v) is 15.1. The van der Waals surface area contributed by atoms with Gasteiger partial charge in [0.2, 0.25) is 5.95 Å². The normalized spacial score (nSPS) is 10.4. The van der Waals surface area contributed by atoms with Crippen molar-refractivity contribution in [3.05, 3.63) is 58.7 Å². The molecule has 25 heavy (non-hydrogen) atoms. The summed E-state index contributed by atoms with van der Waals surface area (Å²) in [6, 6.07) is 12.8. The Kier molecular flexibility index (Phi) is 5.26. The fourth-order valence-electron chi connectivity index (χ4n) is 2.31. The molecule has 0 saturated carbocycles. The average molecular weight is 376 g/mol. The molecule has 0 spiro atoms. The van der Waals surface area contributed by atoms with Crippen molar-refractivity contribution in [1.29, 1.82) is 0 Å². The minimum atomic E-state index is 0.422. The lowest BCUT2D eigenvalue weighted by atomic mass is 10.1. The highest BCUT2D eigenvalue weighted by Gasteiger charge is 2.11. The van der Waals surface area contributed by atoms with Gasteiger partial charge in [0.1, 0.15) is 5.75 Å². The van der Waals surface area contributed by atoms with Gasteiger partial charge in [-0.25, -0.2) is 9.97 Å². The van der Waals surface area contributed by atoms with Crippen LogP contribution in [-0.4, -0.2) is 24.2 Å². The SMILES string of the molecule is COc1cccc(Nc2nccc(-c3cc(Cl)c(OC)c(Cl)c3)n2)c1. The predicted octanol–water partition coefficient (Wildman–Crippen LogP) is 5.21. The van der Waals surface area contributed by atoms with Gasteiger partial charge in [0.05, 0.1) is 30.0 Å². The number of nitrogens with one attached hydrogen (secondary N) is 1. The van der Waals surface area contributed by atoms with E-state index in [1.54, 1.807) is 31.5 Å². The van der Waals surface area contributed by atoms with Crippen LogP contribution in [-0.2, 0) is 0 Å². The van der Waals surface area contributed by atoms with E-state index in [-0.39, 0.29) is 0 Å². The molecule has 0 fully saturated rings. The highest BCUT2D eigenvalue weighted by Crippen LogP contribution is 2.36. The van der Waals surface area contributed by atoms with Crippen molar-refractivity contribution in [3.8, 4) is 22.8 Å². The highest BCUT2D eigenvalue weighted by molar-refractivity contribution is 6.37. The quantitative estimate of drug-likeness (QED) is 0.662. The number of halogens is 2. The molecule has 0 atom stereocenters. The van der Waals surface area contributed by atoms with E-state index in [0.717, 1.165) is 17.0 Å². The van der Waals surface area contributed by atoms with Gasteiger partial charge < -0.3 is 14.8 Å². The molecular weight excluding hydrogens is 361 g/mol. The number of ether oxygens (including phenoxy) is 2. The van der Waals surface area contributed by atoms with Crippen LogP contribution in [0.4, 0.5) is 11.6 Å². The lowest BCUT2D eigenvalue weighted by Crippen LogP contribution is -1.98. The summed E-state index contributed by atoms with van der Waals surface area (Å²) in [5.41, 5.74) is 2.28. The summed E-state index contributed by atoms with van der Waals surface area (Å²) >= 11 is 12.4. The van der Waals surface area contributed by atoms with Crippen LogP contribution >= 0.6 is 23.2 Å². The lowest BCUT2D eigenvalue weighted by molar-refractivity contribution is 0.415. The molecule has 1 aromatic heterocycles. The van der Waals surface area contributed by atoms with Crippen molar-refractivity contribution in [2.45, 2.75) is 0 Å². The molecule has 0 bridgehead atoms. The van der Waals surface area contributed by atoms with E-state index in [2.05, 4.69) is 15.3 Å². The summed E-state index contributed by atoms with van der Waals surface area (Å²) < 4.78 is 10.4. The first-order chi connectivity index (χ1) is 12.1. The number of nitrogens with zero attached hydrogens (tertiary/aromatic N) is 2. The van der Waals surface area contributed by atoms with Crippen LogP contribution < -0.4 is 14.8 Å². The van der Waals surface area contributed by atoms with E-state index in [1.807, 2.05) is 24.3 Å². The second-order valence-corrected chi connectivity index (χ2v) is 5.91. The molecule has 3 aromatic rings. The van der Waals surface area contributed by atoms with Crippen molar-refractivity contribution in [1.82, 2.24) is 9.97 Å². The maximum atomic E-state index is 6.21. The molecule has 128 valence electrons. The molecule has 2 aromatic carbocycles. The molecule has 0 aliphatic rings. The highest BCUT2D eigenvalue weighted by atomic mass is 35.5. The van der Waals surface area contributed by atoms with E-state index in [9.17, 15) is 0 Å². The number of hydrogen-bond acceptors (Lipinski definition) is 5. The molecule has 0 radical (unpaired) electrons. The van der Waals surface area contributed by atoms with Gasteiger partial charge in [0.15, 0.2) is 5.75 Å². The zero-order valence-electron chi connectivity index (χ0n) is 13.6. The molecule has 5 nitrogen and oxygen atoms in total. The third-order valence-electron chi connectivity index (χ3n) is 3.48. The summed E-state index contributed by atoms with van der Waals surface area (Å²) in [5, 5.41) is 3.99. The predicted molar refractivity (Wildman–Crippen MR) is 100 cm³/mol. The molecule has 3 rings (SSSR count).